The molecule has 0 radical (unpaired) electrons. The van der Waals surface area contributed by atoms with Crippen LogP contribution in [-0.2, 0) is 9.59 Å². The Balaban J connectivity index is 1.96. The van der Waals surface area contributed by atoms with Crippen molar-refractivity contribution in [2.24, 2.45) is 0 Å². The van der Waals surface area contributed by atoms with Crippen LogP contribution in [0.25, 0.3) is 5.76 Å². The minimum atomic E-state index is -1.45. The van der Waals surface area contributed by atoms with Crippen molar-refractivity contribution >= 4 is 34.8 Å². The van der Waals surface area contributed by atoms with Crippen LogP contribution in [0, 0.1) is 17.0 Å². The highest BCUT2D eigenvalue weighted by molar-refractivity contribution is 6.51. The van der Waals surface area contributed by atoms with Crippen LogP contribution in [0.15, 0.2) is 72.3 Å². The van der Waals surface area contributed by atoms with E-state index in [9.17, 15) is 39.8 Å². The number of phenols is 1. The van der Waals surface area contributed by atoms with Gasteiger partial charge in [0.05, 0.1) is 16.5 Å². The number of ketones is 1. The number of nitro groups is 1. The number of aliphatic hydroxyl groups excluding tert-OH is 1. The zero-order valence-corrected chi connectivity index (χ0v) is 18.2. The molecule has 0 aromatic heterocycles. The van der Waals surface area contributed by atoms with Crippen molar-refractivity contribution in [3.63, 3.8) is 0 Å². The van der Waals surface area contributed by atoms with E-state index in [2.05, 4.69) is 0 Å². The number of nitro benzene ring substituents is 1. The first-order chi connectivity index (χ1) is 16.6. The van der Waals surface area contributed by atoms with Crippen LogP contribution in [0.5, 0.6) is 5.75 Å². The third-order valence-electron chi connectivity index (χ3n) is 5.68. The van der Waals surface area contributed by atoms with E-state index in [0.29, 0.717) is 0 Å². The van der Waals surface area contributed by atoms with Gasteiger partial charge in [-0.15, -0.1) is 0 Å². The van der Waals surface area contributed by atoms with Gasteiger partial charge in [-0.25, -0.2) is 4.79 Å². The van der Waals surface area contributed by atoms with Gasteiger partial charge in [-0.2, -0.15) is 0 Å². The molecule has 1 amide bonds. The predicted molar refractivity (Wildman–Crippen MR) is 124 cm³/mol. The number of Topliss-reactive ketones (excluding diaryl/α,β-unsaturated/α-hetero) is 1. The molecule has 3 aromatic rings. The van der Waals surface area contributed by atoms with Crippen LogP contribution in [0.1, 0.15) is 33.1 Å². The van der Waals surface area contributed by atoms with E-state index < -0.39 is 45.7 Å². The van der Waals surface area contributed by atoms with Crippen LogP contribution in [0.4, 0.5) is 11.4 Å². The summed E-state index contributed by atoms with van der Waals surface area (Å²) in [6.45, 7) is 1.84. The first-order valence-corrected chi connectivity index (χ1v) is 10.3. The number of non-ortho nitro benzene ring substituents is 1. The third-order valence-corrected chi connectivity index (χ3v) is 5.68. The lowest BCUT2D eigenvalue weighted by molar-refractivity contribution is -0.384. The van der Waals surface area contributed by atoms with E-state index in [4.69, 9.17) is 0 Å². The van der Waals surface area contributed by atoms with Crippen molar-refractivity contribution in [1.82, 2.24) is 0 Å². The summed E-state index contributed by atoms with van der Waals surface area (Å²) in [6.07, 6.45) is 0. The second kappa shape index (κ2) is 8.75. The van der Waals surface area contributed by atoms with Crippen LogP contribution < -0.4 is 4.90 Å². The highest BCUT2D eigenvalue weighted by Crippen LogP contribution is 2.43. The van der Waals surface area contributed by atoms with E-state index in [-0.39, 0.29) is 28.1 Å². The van der Waals surface area contributed by atoms with Gasteiger partial charge in [-0.3, -0.25) is 24.6 Å². The number of aromatic carboxylic acids is 1. The van der Waals surface area contributed by atoms with E-state index in [1.807, 2.05) is 6.92 Å². The third kappa shape index (κ3) is 4.08. The maximum absolute atomic E-state index is 13.1. The van der Waals surface area contributed by atoms with E-state index >= 15 is 0 Å². The molecule has 10 nitrogen and oxygen atoms in total. The highest BCUT2D eigenvalue weighted by Gasteiger charge is 2.47. The fraction of sp³-hybridized carbons (Fsp3) is 0.0800. The number of rotatable bonds is 5. The van der Waals surface area contributed by atoms with E-state index in [1.165, 1.54) is 30.3 Å². The lowest BCUT2D eigenvalue weighted by atomic mass is 9.94. The molecule has 1 unspecified atom stereocenters. The Labute approximate surface area is 198 Å². The predicted octanol–water partition coefficient (Wildman–Crippen LogP) is 3.93. The van der Waals surface area contributed by atoms with Gasteiger partial charge in [0.1, 0.15) is 17.1 Å². The summed E-state index contributed by atoms with van der Waals surface area (Å²) in [4.78, 5) is 49.3. The number of anilines is 1. The number of benzene rings is 3. The van der Waals surface area contributed by atoms with Crippen molar-refractivity contribution in [3.8, 4) is 5.75 Å². The number of carboxylic acids is 1. The number of aryl methyl sites for hydroxylation is 1. The Morgan fingerprint density at radius 3 is 2.17 bits per heavy atom. The Hall–Kier alpha value is -4.99. The molecule has 1 heterocycles. The quantitative estimate of drug-likeness (QED) is 0.165. The monoisotopic (exact) mass is 474 g/mol. The number of aliphatic hydroxyl groups is 1. The number of aromatic hydroxyl groups is 1. The van der Waals surface area contributed by atoms with Crippen LogP contribution >= 0.6 is 0 Å². The minimum absolute atomic E-state index is 0.0198. The average Bonchev–Trinajstić information content (AvgIpc) is 3.09. The van der Waals surface area contributed by atoms with Crippen LogP contribution in [0.2, 0.25) is 0 Å². The Bertz CT molecular complexity index is 1410. The van der Waals surface area contributed by atoms with Gasteiger partial charge in [0, 0.05) is 23.4 Å². The fourth-order valence-electron chi connectivity index (χ4n) is 3.90. The standard InChI is InChI=1S/C25H18N2O8/c1-13-2-4-15(5-3-13)22(29)20-21(14-6-8-16(9-7-14)27(34)35)26(24(31)23(20)30)17-10-11-19(28)18(12-17)25(32)33/h2-12,21,28-29H,1H3,(H,32,33)/b22-20-. The molecular weight excluding hydrogens is 456 g/mol. The summed E-state index contributed by atoms with van der Waals surface area (Å²) < 4.78 is 0. The van der Waals surface area contributed by atoms with Crippen molar-refractivity contribution in [3.05, 3.63) is 105 Å². The highest BCUT2D eigenvalue weighted by atomic mass is 16.6. The van der Waals surface area contributed by atoms with E-state index in [0.717, 1.165) is 22.6 Å². The van der Waals surface area contributed by atoms with Crippen molar-refractivity contribution in [2.75, 3.05) is 4.90 Å². The van der Waals surface area contributed by atoms with Crippen LogP contribution in [0.3, 0.4) is 0 Å². The molecular formula is C25H18N2O8. The molecule has 1 atom stereocenters. The lowest BCUT2D eigenvalue weighted by Crippen LogP contribution is -2.29. The van der Waals surface area contributed by atoms with Gasteiger partial charge in [-0.05, 0) is 42.8 Å². The topological polar surface area (TPSA) is 158 Å². The van der Waals surface area contributed by atoms with Gasteiger partial charge >= 0.3 is 5.97 Å². The smallest absolute Gasteiger partial charge is 0.339 e. The Morgan fingerprint density at radius 1 is 0.971 bits per heavy atom. The molecule has 0 aliphatic carbocycles. The van der Waals surface area contributed by atoms with Gasteiger partial charge < -0.3 is 15.3 Å². The van der Waals surface area contributed by atoms with Gasteiger partial charge in [0.15, 0.2) is 0 Å². The molecule has 1 saturated heterocycles. The molecule has 10 heteroatoms. The molecule has 3 aromatic carbocycles. The van der Waals surface area contributed by atoms with Crippen molar-refractivity contribution in [1.29, 1.82) is 0 Å². The number of nitrogens with zero attached hydrogens (tertiary/aromatic N) is 2. The number of carbonyl (C=O) groups excluding carboxylic acids is 2. The fourth-order valence-corrected chi connectivity index (χ4v) is 3.90. The number of carbonyl (C=O) groups is 3. The molecule has 35 heavy (non-hydrogen) atoms. The molecule has 1 aliphatic rings. The summed E-state index contributed by atoms with van der Waals surface area (Å²) in [7, 11) is 0. The van der Waals surface area contributed by atoms with Gasteiger partial charge in [-0.1, -0.05) is 29.8 Å². The molecule has 176 valence electrons. The van der Waals surface area contributed by atoms with Crippen molar-refractivity contribution in [2.45, 2.75) is 13.0 Å². The zero-order valence-electron chi connectivity index (χ0n) is 18.2. The number of amides is 1. The first-order valence-electron chi connectivity index (χ1n) is 10.3. The number of hydrogen-bond donors (Lipinski definition) is 3. The maximum atomic E-state index is 13.1. The summed E-state index contributed by atoms with van der Waals surface area (Å²) >= 11 is 0. The minimum Gasteiger partial charge on any atom is -0.507 e. The summed E-state index contributed by atoms with van der Waals surface area (Å²) in [5.74, 6) is -4.50. The molecule has 4 rings (SSSR count). The summed E-state index contributed by atoms with van der Waals surface area (Å²) in [5, 5.41) is 41.4. The second-order valence-corrected chi connectivity index (χ2v) is 7.89. The summed E-state index contributed by atoms with van der Waals surface area (Å²) in [5.41, 5.74) is 0.448. The Kier molecular flexibility index (Phi) is 5.79. The number of hydrogen-bond acceptors (Lipinski definition) is 7. The molecule has 0 bridgehead atoms. The normalized spacial score (nSPS) is 16.9. The second-order valence-electron chi connectivity index (χ2n) is 7.89. The largest absolute Gasteiger partial charge is 0.507 e. The average molecular weight is 474 g/mol. The molecule has 1 aliphatic heterocycles. The maximum Gasteiger partial charge on any atom is 0.339 e. The van der Waals surface area contributed by atoms with Crippen LogP contribution in [-0.4, -0.2) is 37.9 Å². The van der Waals surface area contributed by atoms with E-state index in [1.54, 1.807) is 24.3 Å². The molecule has 0 saturated carbocycles. The molecule has 3 N–H and O–H groups in total. The first kappa shape index (κ1) is 23.2. The number of carboxylic acid groups (broad SMARTS) is 1. The zero-order chi connectivity index (χ0) is 25.4. The van der Waals surface area contributed by atoms with Crippen molar-refractivity contribution < 1.29 is 34.6 Å². The molecule has 1 fully saturated rings. The SMILES string of the molecule is Cc1ccc(/C(O)=C2/C(=O)C(=O)N(c3ccc(O)c(C(=O)O)c3)C2c2ccc([N+](=O)[O-])cc2)cc1. The summed E-state index contributed by atoms with van der Waals surface area (Å²) in [6, 6.07) is 13.8. The Morgan fingerprint density at radius 2 is 1.60 bits per heavy atom. The molecule has 0 spiro atoms. The lowest BCUT2D eigenvalue weighted by Gasteiger charge is -2.25. The van der Waals surface area contributed by atoms with Gasteiger partial charge in [0.25, 0.3) is 17.4 Å². The van der Waals surface area contributed by atoms with Gasteiger partial charge in [0.2, 0.25) is 0 Å².